The Morgan fingerprint density at radius 1 is 0.475 bits per heavy atom. The summed E-state index contributed by atoms with van der Waals surface area (Å²) in [6, 6.07) is 0. The summed E-state index contributed by atoms with van der Waals surface area (Å²) in [6.45, 7) is 8.84. The number of hydrogen-bond acceptors (Lipinski definition) is 0. The van der Waals surface area contributed by atoms with Crippen LogP contribution in [-0.2, 0) is 0 Å². The molecule has 40 heavy (non-hydrogen) atoms. The molecule has 0 aromatic heterocycles. The van der Waals surface area contributed by atoms with Crippen LogP contribution in [0.25, 0.3) is 0 Å². The van der Waals surface area contributed by atoms with E-state index in [1.807, 2.05) is 0 Å². The molecule has 0 aromatic carbocycles. The maximum absolute atomic E-state index is 4.22. The maximum Gasteiger partial charge on any atom is -0.00575 e. The molecule has 1 rings (SSSR count). The zero-order chi connectivity index (χ0) is 28.8. The highest BCUT2D eigenvalue weighted by Gasteiger charge is 2.44. The van der Waals surface area contributed by atoms with Crippen molar-refractivity contribution in [1.82, 2.24) is 0 Å². The van der Waals surface area contributed by atoms with E-state index in [0.29, 0.717) is 5.41 Å². The Kier molecular flexibility index (Phi) is 26.8. The van der Waals surface area contributed by atoms with Crippen LogP contribution >= 0.6 is 0 Å². The van der Waals surface area contributed by atoms with E-state index in [2.05, 4.69) is 38.7 Å². The highest BCUT2D eigenvalue weighted by atomic mass is 14.5. The smallest absolute Gasteiger partial charge is 0.00575 e. The number of unbranched alkanes of at least 4 members (excludes halogenated alkanes) is 27. The molecule has 1 aliphatic carbocycles. The molecule has 1 atom stereocenters. The minimum atomic E-state index is 0.461. The lowest BCUT2D eigenvalue weighted by Gasteiger charge is -2.21. The zero-order valence-corrected chi connectivity index (χ0v) is 28.1. The van der Waals surface area contributed by atoms with Gasteiger partial charge in [0.1, 0.15) is 0 Å². The third-order valence-corrected chi connectivity index (χ3v) is 9.93. The fourth-order valence-corrected chi connectivity index (χ4v) is 6.72. The van der Waals surface area contributed by atoms with Crippen molar-refractivity contribution in [1.29, 1.82) is 0 Å². The van der Waals surface area contributed by atoms with E-state index in [-0.39, 0.29) is 0 Å². The second kappa shape index (κ2) is 28.6. The monoisotopic (exact) mass is 557 g/mol. The van der Waals surface area contributed by atoms with Crippen molar-refractivity contribution in [3.63, 3.8) is 0 Å². The van der Waals surface area contributed by atoms with Crippen molar-refractivity contribution in [2.75, 3.05) is 0 Å². The average molecular weight is 557 g/mol. The molecule has 0 aromatic rings. The second-order valence-electron chi connectivity index (χ2n) is 13.7. The number of rotatable bonds is 33. The summed E-state index contributed by atoms with van der Waals surface area (Å²) < 4.78 is 0. The fourth-order valence-electron chi connectivity index (χ4n) is 6.72. The van der Waals surface area contributed by atoms with Gasteiger partial charge in [0.05, 0.1) is 0 Å². The molecule has 0 amide bonds. The van der Waals surface area contributed by atoms with E-state index in [9.17, 15) is 0 Å². The molecule has 0 spiro atoms. The van der Waals surface area contributed by atoms with Crippen LogP contribution in [0.1, 0.15) is 219 Å². The van der Waals surface area contributed by atoms with Gasteiger partial charge < -0.3 is 0 Å². The first kappa shape index (κ1) is 37.5. The lowest BCUT2D eigenvalue weighted by Crippen LogP contribution is -2.11. The van der Waals surface area contributed by atoms with Gasteiger partial charge in [-0.15, -0.1) is 6.58 Å². The van der Waals surface area contributed by atoms with E-state index in [1.54, 1.807) is 0 Å². The molecule has 1 unspecified atom stereocenters. The molecule has 0 heterocycles. The molecule has 0 saturated heterocycles. The number of hydrogen-bond donors (Lipinski definition) is 0. The quantitative estimate of drug-likeness (QED) is 0.0557. The lowest BCUT2D eigenvalue weighted by atomic mass is 9.84. The SMILES string of the molecule is C=CC1(C(C=CCCCCCCCCCCCCCCCC)CCCCCCCCCCCCCCCC)CC1. The summed E-state index contributed by atoms with van der Waals surface area (Å²) in [5.41, 5.74) is 0.461. The summed E-state index contributed by atoms with van der Waals surface area (Å²) in [6.07, 6.45) is 53.5. The van der Waals surface area contributed by atoms with E-state index < -0.39 is 0 Å². The second-order valence-corrected chi connectivity index (χ2v) is 13.7. The molecule has 0 heteroatoms. The van der Waals surface area contributed by atoms with Crippen molar-refractivity contribution in [3.8, 4) is 0 Å². The van der Waals surface area contributed by atoms with Crippen LogP contribution in [0.4, 0.5) is 0 Å². The van der Waals surface area contributed by atoms with Gasteiger partial charge in [-0.1, -0.05) is 205 Å². The zero-order valence-electron chi connectivity index (χ0n) is 28.1. The molecule has 1 aliphatic rings. The highest BCUT2D eigenvalue weighted by Crippen LogP contribution is 2.55. The van der Waals surface area contributed by atoms with E-state index in [4.69, 9.17) is 0 Å². The van der Waals surface area contributed by atoms with Crippen molar-refractivity contribution in [2.45, 2.75) is 219 Å². The summed E-state index contributed by atoms with van der Waals surface area (Å²) in [4.78, 5) is 0. The van der Waals surface area contributed by atoms with E-state index in [1.165, 1.54) is 205 Å². The predicted octanol–water partition coefficient (Wildman–Crippen LogP) is 14.9. The van der Waals surface area contributed by atoms with Crippen LogP contribution in [0.5, 0.6) is 0 Å². The molecule has 1 saturated carbocycles. The number of allylic oxidation sites excluding steroid dienone is 3. The van der Waals surface area contributed by atoms with Crippen molar-refractivity contribution < 1.29 is 0 Å². The molecular formula is C40H76. The van der Waals surface area contributed by atoms with Crippen LogP contribution in [0.3, 0.4) is 0 Å². The minimum Gasteiger partial charge on any atom is -0.103 e. The summed E-state index contributed by atoms with van der Waals surface area (Å²) in [7, 11) is 0. The molecule has 0 N–H and O–H groups in total. The van der Waals surface area contributed by atoms with Crippen molar-refractivity contribution in [2.24, 2.45) is 11.3 Å². The molecule has 1 fully saturated rings. The van der Waals surface area contributed by atoms with Crippen LogP contribution in [0, 0.1) is 11.3 Å². The standard InChI is InChI=1S/C40H76/c1-4-7-9-11-13-15-17-19-21-22-24-26-28-30-32-34-36-39(40(6-3)37-38-40)35-33-31-29-27-25-23-20-18-16-14-12-10-8-5-2/h6,34,36,39H,3-5,7-33,35,37-38H2,1-2H3. The Labute approximate surface area is 255 Å². The Morgan fingerprint density at radius 3 is 1.12 bits per heavy atom. The molecular weight excluding hydrogens is 480 g/mol. The topological polar surface area (TPSA) is 0 Å². The van der Waals surface area contributed by atoms with Gasteiger partial charge in [0, 0.05) is 0 Å². The van der Waals surface area contributed by atoms with Crippen molar-refractivity contribution in [3.05, 3.63) is 24.8 Å². The Bertz CT molecular complexity index is 538. The van der Waals surface area contributed by atoms with Crippen LogP contribution in [0.2, 0.25) is 0 Å². The van der Waals surface area contributed by atoms with Gasteiger partial charge in [0.15, 0.2) is 0 Å². The molecule has 0 aliphatic heterocycles. The third-order valence-electron chi connectivity index (χ3n) is 9.93. The normalized spacial score (nSPS) is 15.2. The van der Waals surface area contributed by atoms with Crippen LogP contribution in [-0.4, -0.2) is 0 Å². The fraction of sp³-hybridized carbons (Fsp3) is 0.900. The van der Waals surface area contributed by atoms with E-state index in [0.717, 1.165) is 5.92 Å². The first-order valence-electron chi connectivity index (χ1n) is 19.1. The predicted molar refractivity (Wildman–Crippen MR) is 184 cm³/mol. The Hall–Kier alpha value is -0.520. The van der Waals surface area contributed by atoms with Crippen LogP contribution < -0.4 is 0 Å². The van der Waals surface area contributed by atoms with Gasteiger partial charge in [-0.2, -0.15) is 0 Å². The van der Waals surface area contributed by atoms with Gasteiger partial charge in [-0.3, -0.25) is 0 Å². The van der Waals surface area contributed by atoms with E-state index >= 15 is 0 Å². The maximum atomic E-state index is 4.22. The third kappa shape index (κ3) is 22.1. The van der Waals surface area contributed by atoms with Gasteiger partial charge in [-0.25, -0.2) is 0 Å². The highest BCUT2D eigenvalue weighted by molar-refractivity contribution is 5.14. The lowest BCUT2D eigenvalue weighted by molar-refractivity contribution is 0.404. The van der Waals surface area contributed by atoms with Gasteiger partial charge in [0.25, 0.3) is 0 Å². The van der Waals surface area contributed by atoms with Crippen molar-refractivity contribution >= 4 is 0 Å². The van der Waals surface area contributed by atoms with Gasteiger partial charge in [0.2, 0.25) is 0 Å². The molecule has 0 radical (unpaired) electrons. The molecule has 0 nitrogen and oxygen atoms in total. The first-order valence-corrected chi connectivity index (χ1v) is 19.1. The molecule has 0 bridgehead atoms. The summed E-state index contributed by atoms with van der Waals surface area (Å²) >= 11 is 0. The Morgan fingerprint density at radius 2 is 0.800 bits per heavy atom. The minimum absolute atomic E-state index is 0.461. The largest absolute Gasteiger partial charge is 0.103 e. The van der Waals surface area contributed by atoms with Gasteiger partial charge in [-0.05, 0) is 43.4 Å². The van der Waals surface area contributed by atoms with Crippen LogP contribution in [0.15, 0.2) is 24.8 Å². The Balaban J connectivity index is 1.96. The average Bonchev–Trinajstić information content (AvgIpc) is 3.77. The van der Waals surface area contributed by atoms with Gasteiger partial charge >= 0.3 is 0 Å². The first-order chi connectivity index (χ1) is 19.8. The molecule has 236 valence electrons. The summed E-state index contributed by atoms with van der Waals surface area (Å²) in [5.74, 6) is 0.758. The summed E-state index contributed by atoms with van der Waals surface area (Å²) in [5, 5.41) is 0.